The van der Waals surface area contributed by atoms with Crippen LogP contribution in [0.5, 0.6) is 5.75 Å². The van der Waals surface area contributed by atoms with Crippen molar-refractivity contribution in [2.45, 2.75) is 12.5 Å². The van der Waals surface area contributed by atoms with Crippen LogP contribution in [-0.2, 0) is 0 Å². The first-order valence-electron chi connectivity index (χ1n) is 9.38. The molecule has 1 unspecified atom stereocenters. The predicted octanol–water partition coefficient (Wildman–Crippen LogP) is 1.66. The maximum absolute atomic E-state index is 15.1. The number of ether oxygens (including phenoxy) is 1. The number of aliphatic hydroxyl groups is 1. The maximum atomic E-state index is 15.1. The molecule has 1 saturated heterocycles. The molecule has 4 N–H and O–H groups in total. The number of fused-ring (bicyclic) bond motifs is 1. The summed E-state index contributed by atoms with van der Waals surface area (Å²) in [7, 11) is 1.19. The van der Waals surface area contributed by atoms with Gasteiger partial charge >= 0.3 is 5.97 Å². The summed E-state index contributed by atoms with van der Waals surface area (Å²) in [5, 5.41) is 18.9. The predicted molar refractivity (Wildman–Crippen MR) is 108 cm³/mol. The van der Waals surface area contributed by atoms with Crippen LogP contribution in [0, 0.1) is 17.5 Å². The first-order valence-corrected chi connectivity index (χ1v) is 9.38. The zero-order valence-corrected chi connectivity index (χ0v) is 16.6. The van der Waals surface area contributed by atoms with Gasteiger partial charge in [-0.25, -0.2) is 22.9 Å². The lowest BCUT2D eigenvalue weighted by Crippen LogP contribution is -2.25. The zero-order valence-electron chi connectivity index (χ0n) is 16.6. The number of aliphatic hydroxyl groups excluding tert-OH is 1. The van der Waals surface area contributed by atoms with E-state index in [1.807, 2.05) is 0 Å². The number of aromatic nitrogens is 2. The molecular formula is C20H17F3N4O5. The normalized spacial score (nSPS) is 16.0. The Hall–Kier alpha value is -3.80. The van der Waals surface area contributed by atoms with Crippen molar-refractivity contribution in [1.29, 1.82) is 0 Å². The Morgan fingerprint density at radius 2 is 1.97 bits per heavy atom. The molecule has 1 aliphatic heterocycles. The molecule has 1 aliphatic rings. The highest BCUT2D eigenvalue weighted by Gasteiger charge is 2.30. The number of carboxylic acid groups (broad SMARTS) is 1. The van der Waals surface area contributed by atoms with Gasteiger partial charge in [-0.15, -0.1) is 0 Å². The van der Waals surface area contributed by atoms with Crippen molar-refractivity contribution in [2.24, 2.45) is 0 Å². The molecule has 0 aliphatic carbocycles. The Kier molecular flexibility index (Phi) is 5.17. The van der Waals surface area contributed by atoms with Gasteiger partial charge in [-0.2, -0.15) is 0 Å². The van der Waals surface area contributed by atoms with E-state index in [0.717, 1.165) is 16.8 Å². The number of carboxylic acids is 1. The van der Waals surface area contributed by atoms with Gasteiger partial charge in [0.15, 0.2) is 34.8 Å². The smallest absolute Gasteiger partial charge is 0.341 e. The Labute approximate surface area is 178 Å². The summed E-state index contributed by atoms with van der Waals surface area (Å²) >= 11 is 0. The van der Waals surface area contributed by atoms with Crippen LogP contribution in [0.25, 0.3) is 16.7 Å². The van der Waals surface area contributed by atoms with Gasteiger partial charge in [0.1, 0.15) is 16.8 Å². The zero-order chi connectivity index (χ0) is 23.3. The number of benzene rings is 1. The molecule has 168 valence electrons. The van der Waals surface area contributed by atoms with E-state index in [0.29, 0.717) is 12.5 Å². The number of β-amino-alcohol motifs (C(OH)–C–C–N with tert-alkyl or cyclic N) is 1. The van der Waals surface area contributed by atoms with Crippen LogP contribution < -0.4 is 20.8 Å². The quantitative estimate of drug-likeness (QED) is 0.547. The molecule has 1 atom stereocenters. The largest absolute Gasteiger partial charge is 0.492 e. The molecule has 9 nitrogen and oxygen atoms in total. The van der Waals surface area contributed by atoms with Gasteiger partial charge in [0.2, 0.25) is 5.43 Å². The molecule has 3 heterocycles. The lowest BCUT2D eigenvalue weighted by atomic mass is 10.1. The maximum Gasteiger partial charge on any atom is 0.341 e. The topological polar surface area (TPSA) is 131 Å². The van der Waals surface area contributed by atoms with Crippen molar-refractivity contribution < 1.29 is 32.9 Å². The number of nitrogens with two attached hydrogens (primary N) is 1. The molecular weight excluding hydrogens is 433 g/mol. The number of pyridine rings is 2. The fourth-order valence-electron chi connectivity index (χ4n) is 3.81. The number of hydrogen-bond donors (Lipinski definition) is 3. The lowest BCUT2D eigenvalue weighted by molar-refractivity contribution is 0.0695. The van der Waals surface area contributed by atoms with E-state index in [4.69, 9.17) is 10.5 Å². The minimum absolute atomic E-state index is 0.0757. The molecule has 0 radical (unpaired) electrons. The van der Waals surface area contributed by atoms with E-state index in [2.05, 4.69) is 4.98 Å². The number of carbonyl (C=O) groups is 1. The summed E-state index contributed by atoms with van der Waals surface area (Å²) in [6, 6.07) is 1.27. The van der Waals surface area contributed by atoms with Crippen LogP contribution in [0.2, 0.25) is 0 Å². The average molecular weight is 450 g/mol. The fourth-order valence-corrected chi connectivity index (χ4v) is 3.81. The number of nitrogen functional groups attached to an aromatic ring is 1. The lowest BCUT2D eigenvalue weighted by Gasteiger charge is -2.24. The second-order valence-electron chi connectivity index (χ2n) is 7.23. The molecule has 1 aromatic carbocycles. The van der Waals surface area contributed by atoms with E-state index in [9.17, 15) is 28.6 Å². The highest BCUT2D eigenvalue weighted by atomic mass is 19.1. The second-order valence-corrected chi connectivity index (χ2v) is 7.23. The number of methoxy groups -OCH3 is 1. The van der Waals surface area contributed by atoms with Gasteiger partial charge in [0, 0.05) is 25.4 Å². The van der Waals surface area contributed by atoms with Crippen molar-refractivity contribution in [3.8, 4) is 11.6 Å². The summed E-state index contributed by atoms with van der Waals surface area (Å²) in [6.45, 7) is 0.347. The summed E-state index contributed by atoms with van der Waals surface area (Å²) in [4.78, 5) is 29.6. The number of aromatic carboxylic acids is 1. The monoisotopic (exact) mass is 450 g/mol. The summed E-state index contributed by atoms with van der Waals surface area (Å²) in [5.41, 5.74) is 3.33. The van der Waals surface area contributed by atoms with E-state index in [-0.39, 0.29) is 30.0 Å². The average Bonchev–Trinajstić information content (AvgIpc) is 3.16. The van der Waals surface area contributed by atoms with Crippen LogP contribution in [-0.4, -0.2) is 52.0 Å². The van der Waals surface area contributed by atoms with E-state index >= 15 is 4.39 Å². The molecule has 0 bridgehead atoms. The summed E-state index contributed by atoms with van der Waals surface area (Å²) < 4.78 is 49.7. The van der Waals surface area contributed by atoms with Crippen LogP contribution in [0.15, 0.2) is 23.1 Å². The van der Waals surface area contributed by atoms with E-state index in [1.165, 1.54) is 12.0 Å². The third-order valence-corrected chi connectivity index (χ3v) is 5.25. The van der Waals surface area contributed by atoms with Crippen LogP contribution in [0.4, 0.5) is 24.7 Å². The van der Waals surface area contributed by atoms with E-state index < -0.39 is 57.5 Å². The highest BCUT2D eigenvalue weighted by Crippen LogP contribution is 2.40. The van der Waals surface area contributed by atoms with Crippen molar-refractivity contribution in [3.05, 3.63) is 51.6 Å². The number of anilines is 2. The molecule has 0 spiro atoms. The summed E-state index contributed by atoms with van der Waals surface area (Å²) in [5.74, 6) is -6.40. The molecule has 1 fully saturated rings. The van der Waals surface area contributed by atoms with Crippen molar-refractivity contribution in [2.75, 3.05) is 30.8 Å². The van der Waals surface area contributed by atoms with E-state index in [1.54, 1.807) is 0 Å². The molecule has 32 heavy (non-hydrogen) atoms. The Balaban J connectivity index is 2.17. The van der Waals surface area contributed by atoms with Crippen molar-refractivity contribution in [1.82, 2.24) is 9.55 Å². The van der Waals surface area contributed by atoms with Gasteiger partial charge in [-0.1, -0.05) is 0 Å². The van der Waals surface area contributed by atoms with Gasteiger partial charge < -0.3 is 25.6 Å². The molecule has 2 aromatic heterocycles. The first kappa shape index (κ1) is 21.4. The molecule has 12 heteroatoms. The van der Waals surface area contributed by atoms with Gasteiger partial charge in [0.25, 0.3) is 0 Å². The number of nitrogens with zero attached hydrogens (tertiary/aromatic N) is 3. The van der Waals surface area contributed by atoms with Crippen molar-refractivity contribution >= 4 is 28.4 Å². The minimum Gasteiger partial charge on any atom is -0.492 e. The number of halogens is 3. The molecule has 0 saturated carbocycles. The van der Waals surface area contributed by atoms with Crippen molar-refractivity contribution in [3.63, 3.8) is 0 Å². The second kappa shape index (κ2) is 7.71. The Morgan fingerprint density at radius 3 is 2.56 bits per heavy atom. The summed E-state index contributed by atoms with van der Waals surface area (Å²) in [6.07, 6.45) is 0.428. The third kappa shape index (κ3) is 3.28. The first-order chi connectivity index (χ1) is 15.1. The third-order valence-electron chi connectivity index (χ3n) is 5.25. The highest BCUT2D eigenvalue weighted by molar-refractivity contribution is 5.97. The Morgan fingerprint density at radius 1 is 1.25 bits per heavy atom. The SMILES string of the molecule is COc1c(N2CCC(O)C2)c(F)cc2c(=O)c(C(=O)O)cn(-c3nc(N)c(F)cc3F)c12. The molecule has 3 aromatic rings. The molecule has 0 amide bonds. The standard InChI is InChI=1S/C20H17F3N4O5/c1-32-17-14-9(4-11(21)15(17)26-3-2-8(28)6-26)16(29)10(20(30)31)7-27(14)19-13(23)5-12(22)18(24)25-19/h4-5,7-8,28H,2-3,6H2,1H3,(H2,24,25)(H,30,31). The van der Waals surface area contributed by atoms with Gasteiger partial charge in [0.05, 0.1) is 18.6 Å². The Bertz CT molecular complexity index is 1330. The minimum atomic E-state index is -1.65. The molecule has 4 rings (SSSR count). The van der Waals surface area contributed by atoms with Crippen LogP contribution in [0.3, 0.4) is 0 Å². The van der Waals surface area contributed by atoms with Crippen LogP contribution in [0.1, 0.15) is 16.8 Å². The van der Waals surface area contributed by atoms with Crippen LogP contribution >= 0.6 is 0 Å². The number of hydrogen-bond acceptors (Lipinski definition) is 7. The number of rotatable bonds is 4. The van der Waals surface area contributed by atoms with Gasteiger partial charge in [-0.05, 0) is 12.5 Å². The van der Waals surface area contributed by atoms with Gasteiger partial charge in [-0.3, -0.25) is 9.36 Å². The fraction of sp³-hybridized carbons (Fsp3) is 0.250.